The first kappa shape index (κ1) is 14.0. The monoisotopic (exact) mass is 257 g/mol. The van der Waals surface area contributed by atoms with Gasteiger partial charge in [-0.05, 0) is 55.4 Å². The smallest absolute Gasteiger partial charge is 0.119 e. The molecule has 1 aromatic rings. The highest BCUT2D eigenvalue weighted by Gasteiger charge is 2.25. The normalized spacial score (nSPS) is 26.4. The van der Waals surface area contributed by atoms with Crippen molar-refractivity contribution in [3.8, 4) is 17.6 Å². The van der Waals surface area contributed by atoms with Crippen molar-refractivity contribution in [2.75, 3.05) is 6.54 Å². The summed E-state index contributed by atoms with van der Waals surface area (Å²) in [5, 5.41) is 0. The fourth-order valence-electron chi connectivity index (χ4n) is 2.93. The molecule has 0 aromatic heterocycles. The number of benzene rings is 1. The lowest BCUT2D eigenvalue weighted by Crippen LogP contribution is -2.28. The Morgan fingerprint density at radius 1 is 1.11 bits per heavy atom. The van der Waals surface area contributed by atoms with E-state index >= 15 is 0 Å². The molecule has 1 fully saturated rings. The molecular formula is C17H23NO. The largest absolute Gasteiger partial charge is 0.490 e. The summed E-state index contributed by atoms with van der Waals surface area (Å²) in [5.74, 6) is 8.36. The second kappa shape index (κ2) is 6.63. The minimum Gasteiger partial charge on any atom is -0.490 e. The van der Waals surface area contributed by atoms with Gasteiger partial charge in [0, 0.05) is 5.56 Å². The Hall–Kier alpha value is -1.46. The molecular weight excluding hydrogens is 234 g/mol. The molecule has 0 radical (unpaired) electrons. The Morgan fingerprint density at radius 2 is 1.74 bits per heavy atom. The molecule has 2 rings (SSSR count). The van der Waals surface area contributed by atoms with Crippen LogP contribution in [0.3, 0.4) is 0 Å². The van der Waals surface area contributed by atoms with E-state index in [1.165, 1.54) is 19.3 Å². The highest BCUT2D eigenvalue weighted by atomic mass is 16.5. The van der Waals surface area contributed by atoms with E-state index in [0.717, 1.165) is 23.1 Å². The van der Waals surface area contributed by atoms with Crippen molar-refractivity contribution in [3.05, 3.63) is 29.8 Å². The lowest BCUT2D eigenvalue weighted by Gasteiger charge is -2.31. The maximum Gasteiger partial charge on any atom is 0.119 e. The van der Waals surface area contributed by atoms with Gasteiger partial charge in [0.05, 0.1) is 12.6 Å². The van der Waals surface area contributed by atoms with Gasteiger partial charge < -0.3 is 10.5 Å². The minimum atomic E-state index is 0.361. The van der Waals surface area contributed by atoms with Crippen molar-refractivity contribution >= 4 is 0 Å². The van der Waals surface area contributed by atoms with E-state index in [9.17, 15) is 0 Å². The van der Waals surface area contributed by atoms with Gasteiger partial charge >= 0.3 is 0 Å². The van der Waals surface area contributed by atoms with E-state index in [1.54, 1.807) is 0 Å². The van der Waals surface area contributed by atoms with Crippen LogP contribution in [0.4, 0.5) is 0 Å². The quantitative estimate of drug-likeness (QED) is 0.826. The highest BCUT2D eigenvalue weighted by Crippen LogP contribution is 2.31. The van der Waals surface area contributed by atoms with Gasteiger partial charge in [0.1, 0.15) is 5.75 Å². The maximum atomic E-state index is 6.08. The van der Waals surface area contributed by atoms with Crippen LogP contribution < -0.4 is 10.5 Å². The molecule has 0 heterocycles. The van der Waals surface area contributed by atoms with Crippen molar-refractivity contribution in [1.82, 2.24) is 0 Å². The van der Waals surface area contributed by atoms with E-state index < -0.39 is 0 Å². The SMILES string of the molecule is CC1CC(C)CC(Oc2ccc(C#CCN)cc2)C1. The first-order chi connectivity index (χ1) is 9.17. The van der Waals surface area contributed by atoms with Crippen LogP contribution in [-0.4, -0.2) is 12.6 Å². The number of rotatable bonds is 2. The third kappa shape index (κ3) is 4.29. The Balaban J connectivity index is 1.95. The van der Waals surface area contributed by atoms with E-state index in [-0.39, 0.29) is 0 Å². The van der Waals surface area contributed by atoms with Crippen LogP contribution in [0.15, 0.2) is 24.3 Å². The molecule has 1 aromatic carbocycles. The topological polar surface area (TPSA) is 35.2 Å². The highest BCUT2D eigenvalue weighted by molar-refractivity contribution is 5.38. The fraction of sp³-hybridized carbons (Fsp3) is 0.529. The van der Waals surface area contributed by atoms with Crippen molar-refractivity contribution < 1.29 is 4.74 Å². The molecule has 0 bridgehead atoms. The first-order valence-electron chi connectivity index (χ1n) is 7.13. The Kier molecular flexibility index (Phi) is 4.87. The summed E-state index contributed by atoms with van der Waals surface area (Å²) in [6.45, 7) is 5.03. The zero-order valence-electron chi connectivity index (χ0n) is 11.9. The molecule has 2 N–H and O–H groups in total. The summed E-state index contributed by atoms with van der Waals surface area (Å²) in [5.41, 5.74) is 6.35. The Labute approximate surface area is 116 Å². The van der Waals surface area contributed by atoms with Crippen LogP contribution >= 0.6 is 0 Å². The number of hydrogen-bond donors (Lipinski definition) is 1. The third-order valence-corrected chi connectivity index (χ3v) is 3.63. The number of nitrogens with two attached hydrogens (primary N) is 1. The molecule has 0 spiro atoms. The summed E-state index contributed by atoms with van der Waals surface area (Å²) < 4.78 is 6.08. The summed E-state index contributed by atoms with van der Waals surface area (Å²) in [6, 6.07) is 8.00. The summed E-state index contributed by atoms with van der Waals surface area (Å²) in [6.07, 6.45) is 4.02. The van der Waals surface area contributed by atoms with E-state index in [4.69, 9.17) is 10.5 Å². The van der Waals surface area contributed by atoms with Crippen molar-refractivity contribution in [2.24, 2.45) is 17.6 Å². The standard InChI is InChI=1S/C17H23NO/c1-13-10-14(2)12-17(11-13)19-16-7-5-15(6-8-16)4-3-9-18/h5-8,13-14,17H,9-12,18H2,1-2H3. The number of hydrogen-bond acceptors (Lipinski definition) is 2. The molecule has 1 aliphatic carbocycles. The Morgan fingerprint density at radius 3 is 2.32 bits per heavy atom. The van der Waals surface area contributed by atoms with Crippen molar-refractivity contribution in [1.29, 1.82) is 0 Å². The van der Waals surface area contributed by atoms with Gasteiger partial charge in [0.15, 0.2) is 0 Å². The van der Waals surface area contributed by atoms with Crippen LogP contribution in [0.5, 0.6) is 5.75 Å². The van der Waals surface area contributed by atoms with Crippen LogP contribution in [-0.2, 0) is 0 Å². The summed E-state index contributed by atoms with van der Waals surface area (Å²) in [4.78, 5) is 0. The predicted molar refractivity (Wildman–Crippen MR) is 79.0 cm³/mol. The second-order valence-corrected chi connectivity index (χ2v) is 5.69. The summed E-state index contributed by atoms with van der Waals surface area (Å²) >= 11 is 0. The van der Waals surface area contributed by atoms with Gasteiger partial charge in [-0.25, -0.2) is 0 Å². The first-order valence-corrected chi connectivity index (χ1v) is 7.13. The van der Waals surface area contributed by atoms with Crippen molar-refractivity contribution in [2.45, 2.75) is 39.2 Å². The van der Waals surface area contributed by atoms with Crippen LogP contribution in [0.1, 0.15) is 38.7 Å². The molecule has 0 amide bonds. The average Bonchev–Trinajstić information content (AvgIpc) is 2.37. The number of ether oxygens (including phenoxy) is 1. The van der Waals surface area contributed by atoms with Gasteiger partial charge in [-0.2, -0.15) is 0 Å². The fourth-order valence-corrected chi connectivity index (χ4v) is 2.93. The molecule has 2 unspecified atom stereocenters. The molecule has 0 saturated heterocycles. The minimum absolute atomic E-state index is 0.361. The lowest BCUT2D eigenvalue weighted by atomic mass is 9.82. The molecule has 2 nitrogen and oxygen atoms in total. The maximum absolute atomic E-state index is 6.08. The van der Waals surface area contributed by atoms with Crippen molar-refractivity contribution in [3.63, 3.8) is 0 Å². The lowest BCUT2D eigenvalue weighted by molar-refractivity contribution is 0.101. The zero-order valence-corrected chi connectivity index (χ0v) is 11.9. The van der Waals surface area contributed by atoms with Gasteiger partial charge in [-0.3, -0.25) is 0 Å². The van der Waals surface area contributed by atoms with Gasteiger partial charge in [0.2, 0.25) is 0 Å². The molecule has 102 valence electrons. The van der Waals surface area contributed by atoms with Gasteiger partial charge in [0.25, 0.3) is 0 Å². The summed E-state index contributed by atoms with van der Waals surface area (Å²) in [7, 11) is 0. The molecule has 2 atom stereocenters. The van der Waals surface area contributed by atoms with Crippen LogP contribution in [0.25, 0.3) is 0 Å². The predicted octanol–water partition coefficient (Wildman–Crippen LogP) is 3.20. The average molecular weight is 257 g/mol. The van der Waals surface area contributed by atoms with E-state index in [0.29, 0.717) is 12.6 Å². The van der Waals surface area contributed by atoms with Crippen LogP contribution in [0.2, 0.25) is 0 Å². The molecule has 1 aliphatic rings. The molecule has 2 heteroatoms. The van der Waals surface area contributed by atoms with Crippen LogP contribution in [0, 0.1) is 23.7 Å². The van der Waals surface area contributed by atoms with Gasteiger partial charge in [-0.15, -0.1) is 0 Å². The Bertz CT molecular complexity index is 444. The third-order valence-electron chi connectivity index (χ3n) is 3.63. The molecule has 1 saturated carbocycles. The van der Waals surface area contributed by atoms with E-state index in [2.05, 4.69) is 25.7 Å². The molecule has 0 aliphatic heterocycles. The molecule has 19 heavy (non-hydrogen) atoms. The second-order valence-electron chi connectivity index (χ2n) is 5.69. The van der Waals surface area contributed by atoms with Gasteiger partial charge in [-0.1, -0.05) is 25.7 Å². The van der Waals surface area contributed by atoms with E-state index in [1.807, 2.05) is 24.3 Å². The zero-order chi connectivity index (χ0) is 13.7.